The van der Waals surface area contributed by atoms with Crippen molar-refractivity contribution in [2.24, 2.45) is 0 Å². The lowest BCUT2D eigenvalue weighted by Crippen LogP contribution is -2.28. The SMILES string of the molecule is COc1cccc([S+]([O-])Nc2ccc(NC(=O)NCc3ccncc3)cc2)c1. The van der Waals surface area contributed by atoms with Crippen LogP contribution in [0.25, 0.3) is 0 Å². The lowest BCUT2D eigenvalue weighted by molar-refractivity contribution is 0.251. The average Bonchev–Trinajstić information content (AvgIpc) is 2.74. The molecule has 2 amide bonds. The van der Waals surface area contributed by atoms with Crippen molar-refractivity contribution in [3.05, 3.63) is 78.6 Å². The number of rotatable bonds is 7. The summed E-state index contributed by atoms with van der Waals surface area (Å²) in [7, 11) is 1.56. The van der Waals surface area contributed by atoms with Gasteiger partial charge >= 0.3 is 6.03 Å². The van der Waals surface area contributed by atoms with Gasteiger partial charge in [-0.3, -0.25) is 4.98 Å². The molecule has 3 aromatic rings. The van der Waals surface area contributed by atoms with E-state index in [1.807, 2.05) is 12.1 Å². The minimum atomic E-state index is -1.42. The van der Waals surface area contributed by atoms with E-state index in [2.05, 4.69) is 20.3 Å². The molecule has 7 nitrogen and oxygen atoms in total. The zero-order chi connectivity index (χ0) is 19.8. The van der Waals surface area contributed by atoms with E-state index < -0.39 is 11.4 Å². The van der Waals surface area contributed by atoms with Crippen molar-refractivity contribution in [2.75, 3.05) is 17.1 Å². The quantitative estimate of drug-likeness (QED) is 0.531. The first-order valence-corrected chi connectivity index (χ1v) is 9.65. The van der Waals surface area contributed by atoms with E-state index in [-0.39, 0.29) is 6.03 Å². The van der Waals surface area contributed by atoms with Gasteiger partial charge in [0.15, 0.2) is 4.90 Å². The summed E-state index contributed by atoms with van der Waals surface area (Å²) in [6.45, 7) is 0.410. The Hall–Kier alpha value is -3.23. The molecule has 0 fully saturated rings. The highest BCUT2D eigenvalue weighted by molar-refractivity contribution is 7.92. The van der Waals surface area contributed by atoms with Crippen LogP contribution in [0.1, 0.15) is 5.56 Å². The van der Waals surface area contributed by atoms with Crippen molar-refractivity contribution in [2.45, 2.75) is 11.4 Å². The maximum atomic E-state index is 12.4. The Kier molecular flexibility index (Phi) is 6.72. The fourth-order valence-electron chi connectivity index (χ4n) is 2.36. The molecular formula is C20H20N4O3S. The van der Waals surface area contributed by atoms with Gasteiger partial charge in [0.25, 0.3) is 0 Å². The molecule has 0 saturated carbocycles. The van der Waals surface area contributed by atoms with Gasteiger partial charge in [-0.2, -0.15) is 0 Å². The highest BCUT2D eigenvalue weighted by Crippen LogP contribution is 2.21. The minimum absolute atomic E-state index is 0.308. The average molecular weight is 396 g/mol. The molecule has 0 aliphatic heterocycles. The third-order valence-electron chi connectivity index (χ3n) is 3.81. The second-order valence-corrected chi connectivity index (χ2v) is 7.00. The van der Waals surface area contributed by atoms with Crippen molar-refractivity contribution in [1.82, 2.24) is 10.3 Å². The molecule has 0 spiro atoms. The Balaban J connectivity index is 1.52. The number of carbonyl (C=O) groups is 1. The van der Waals surface area contributed by atoms with Crippen LogP contribution >= 0.6 is 0 Å². The first-order chi connectivity index (χ1) is 13.6. The molecule has 0 bridgehead atoms. The van der Waals surface area contributed by atoms with Crippen LogP contribution in [0.3, 0.4) is 0 Å². The number of pyridine rings is 1. The van der Waals surface area contributed by atoms with Gasteiger partial charge in [0, 0.05) is 30.7 Å². The highest BCUT2D eigenvalue weighted by atomic mass is 32.2. The largest absolute Gasteiger partial charge is 0.588 e. The van der Waals surface area contributed by atoms with E-state index >= 15 is 0 Å². The van der Waals surface area contributed by atoms with Crippen molar-refractivity contribution >= 4 is 28.8 Å². The molecule has 28 heavy (non-hydrogen) atoms. The van der Waals surface area contributed by atoms with E-state index in [4.69, 9.17) is 4.74 Å². The maximum Gasteiger partial charge on any atom is 0.319 e. The first-order valence-electron chi connectivity index (χ1n) is 8.50. The number of aromatic nitrogens is 1. The van der Waals surface area contributed by atoms with E-state index in [1.165, 1.54) is 0 Å². The molecule has 0 radical (unpaired) electrons. The molecule has 0 aliphatic carbocycles. The summed E-state index contributed by atoms with van der Waals surface area (Å²) in [5, 5.41) is 5.53. The summed E-state index contributed by atoms with van der Waals surface area (Å²) in [6, 6.07) is 17.4. The molecular weight excluding hydrogens is 376 g/mol. The molecule has 0 saturated heterocycles. The van der Waals surface area contributed by atoms with Gasteiger partial charge in [-0.25, -0.2) is 9.52 Å². The number of ether oxygens (including phenoxy) is 1. The summed E-state index contributed by atoms with van der Waals surface area (Å²) < 4.78 is 20.5. The Labute approximate surface area is 166 Å². The molecule has 144 valence electrons. The summed E-state index contributed by atoms with van der Waals surface area (Å²) in [5.41, 5.74) is 2.26. The molecule has 3 N–H and O–H groups in total. The van der Waals surface area contributed by atoms with Crippen molar-refractivity contribution < 1.29 is 14.1 Å². The summed E-state index contributed by atoms with van der Waals surface area (Å²) in [4.78, 5) is 16.5. The van der Waals surface area contributed by atoms with Gasteiger partial charge in [-0.15, -0.1) is 0 Å². The summed E-state index contributed by atoms with van der Waals surface area (Å²) >= 11 is -1.42. The van der Waals surface area contributed by atoms with Gasteiger partial charge in [-0.1, -0.05) is 6.07 Å². The van der Waals surface area contributed by atoms with Gasteiger partial charge in [0.2, 0.25) is 0 Å². The summed E-state index contributed by atoms with van der Waals surface area (Å²) in [6.07, 6.45) is 3.35. The zero-order valence-corrected chi connectivity index (χ0v) is 16.0. The van der Waals surface area contributed by atoms with Gasteiger partial charge < -0.3 is 19.9 Å². The topological polar surface area (TPSA) is 98.3 Å². The molecule has 8 heteroatoms. The third-order valence-corrected chi connectivity index (χ3v) is 4.91. The number of hydrogen-bond donors (Lipinski definition) is 3. The monoisotopic (exact) mass is 396 g/mol. The van der Waals surface area contributed by atoms with Crippen LogP contribution in [-0.2, 0) is 17.9 Å². The van der Waals surface area contributed by atoms with Gasteiger partial charge in [0.05, 0.1) is 12.8 Å². The molecule has 3 rings (SSSR count). The Morgan fingerprint density at radius 1 is 1.07 bits per heavy atom. The number of nitrogens with one attached hydrogen (secondary N) is 3. The maximum absolute atomic E-state index is 12.4. The number of anilines is 2. The number of methoxy groups -OCH3 is 1. The number of nitrogens with zero attached hydrogens (tertiary/aromatic N) is 1. The van der Waals surface area contributed by atoms with Crippen LogP contribution in [0, 0.1) is 0 Å². The van der Waals surface area contributed by atoms with Crippen LogP contribution in [0.15, 0.2) is 78.0 Å². The van der Waals surface area contributed by atoms with E-state index in [9.17, 15) is 9.35 Å². The number of hydrogen-bond acceptors (Lipinski definition) is 5. The summed E-state index contributed by atoms with van der Waals surface area (Å²) in [5.74, 6) is 0.643. The van der Waals surface area contributed by atoms with Crippen LogP contribution in [0.2, 0.25) is 0 Å². The predicted molar refractivity (Wildman–Crippen MR) is 110 cm³/mol. The van der Waals surface area contributed by atoms with E-state index in [0.717, 1.165) is 5.56 Å². The first kappa shape index (κ1) is 19.5. The smallest absolute Gasteiger partial charge is 0.319 e. The molecule has 1 unspecified atom stereocenters. The van der Waals surface area contributed by atoms with E-state index in [1.54, 1.807) is 68.0 Å². The van der Waals surface area contributed by atoms with Crippen LogP contribution in [-0.4, -0.2) is 22.7 Å². The Morgan fingerprint density at radius 3 is 2.50 bits per heavy atom. The van der Waals surface area contributed by atoms with Crippen molar-refractivity contribution in [3.8, 4) is 5.75 Å². The molecule has 1 heterocycles. The number of urea groups is 1. The van der Waals surface area contributed by atoms with Crippen LogP contribution in [0.5, 0.6) is 5.75 Å². The third kappa shape index (κ3) is 5.63. The molecule has 1 aromatic heterocycles. The normalized spacial score (nSPS) is 11.4. The number of benzene rings is 2. The van der Waals surface area contributed by atoms with Crippen LogP contribution in [0.4, 0.5) is 16.2 Å². The van der Waals surface area contributed by atoms with Crippen LogP contribution < -0.4 is 20.1 Å². The standard InChI is InChI=1S/C20H20N4O3S/c1-27-18-3-2-4-19(13-18)28(26)24-17-7-5-16(6-8-17)23-20(25)22-14-15-9-11-21-12-10-15/h2-13,24H,14H2,1H3,(H2,22,23,25). The second kappa shape index (κ2) is 9.63. The predicted octanol–water partition coefficient (Wildman–Crippen LogP) is 3.55. The minimum Gasteiger partial charge on any atom is -0.588 e. The van der Waals surface area contributed by atoms with E-state index in [0.29, 0.717) is 28.6 Å². The fourth-order valence-corrected chi connectivity index (χ4v) is 3.26. The number of amides is 2. The number of carbonyl (C=O) groups excluding carboxylic acids is 1. The van der Waals surface area contributed by atoms with Crippen molar-refractivity contribution in [3.63, 3.8) is 0 Å². The second-order valence-electron chi connectivity index (χ2n) is 5.79. The Morgan fingerprint density at radius 2 is 1.79 bits per heavy atom. The lowest BCUT2D eigenvalue weighted by atomic mass is 10.3. The van der Waals surface area contributed by atoms with Gasteiger partial charge in [-0.05, 0) is 54.1 Å². The fraction of sp³-hybridized carbons (Fsp3) is 0.100. The zero-order valence-electron chi connectivity index (χ0n) is 15.2. The molecule has 2 aromatic carbocycles. The molecule has 1 atom stereocenters. The van der Waals surface area contributed by atoms with Crippen molar-refractivity contribution in [1.29, 1.82) is 0 Å². The molecule has 0 aliphatic rings. The van der Waals surface area contributed by atoms with Gasteiger partial charge in [0.1, 0.15) is 17.1 Å². The lowest BCUT2D eigenvalue weighted by Gasteiger charge is -2.13. The Bertz CT molecular complexity index is 907. The highest BCUT2D eigenvalue weighted by Gasteiger charge is 2.12.